The van der Waals surface area contributed by atoms with Gasteiger partial charge in [-0.15, -0.1) is 0 Å². The van der Waals surface area contributed by atoms with Gasteiger partial charge in [0.25, 0.3) is 0 Å². The molecule has 0 bridgehead atoms. The van der Waals surface area contributed by atoms with Gasteiger partial charge in [-0.2, -0.15) is 0 Å². The van der Waals surface area contributed by atoms with E-state index < -0.39 is 53.8 Å². The van der Waals surface area contributed by atoms with Gasteiger partial charge < -0.3 is 32.5 Å². The lowest BCUT2D eigenvalue weighted by Crippen LogP contribution is -2.58. The number of hydrogen-bond acceptors (Lipinski definition) is 6. The number of carbonyl (C=O) groups excluding carboxylic acids is 4. The van der Waals surface area contributed by atoms with E-state index in [9.17, 15) is 29.1 Å². The number of nitrogens with two attached hydrogens (primary N) is 2. The van der Waals surface area contributed by atoms with Gasteiger partial charge in [-0.3, -0.25) is 19.2 Å². The third kappa shape index (κ3) is 9.21. The van der Waals surface area contributed by atoms with Gasteiger partial charge in [-0.1, -0.05) is 34.1 Å². The molecule has 5 atom stereocenters. The van der Waals surface area contributed by atoms with E-state index in [4.69, 9.17) is 11.5 Å². The van der Waals surface area contributed by atoms with Crippen LogP contribution in [0.3, 0.4) is 0 Å². The maximum absolute atomic E-state index is 12.7. The number of primary amides is 1. The SMILES string of the molecule is CCC(C)C(NC(=O)C(C)NC(=O)C(N)CCC(N)=O)C(=O)NC(C(=O)O)C(C)C. The normalized spacial score (nSPS) is 16.0. The van der Waals surface area contributed by atoms with Crippen molar-refractivity contribution in [2.45, 2.75) is 78.0 Å². The van der Waals surface area contributed by atoms with Crippen LogP contribution in [-0.4, -0.2) is 58.9 Å². The minimum atomic E-state index is -1.17. The van der Waals surface area contributed by atoms with Crippen LogP contribution < -0.4 is 27.4 Å². The summed E-state index contributed by atoms with van der Waals surface area (Å²) in [4.78, 5) is 59.4. The third-order valence-electron chi connectivity index (χ3n) is 4.81. The fourth-order valence-corrected chi connectivity index (χ4v) is 2.55. The summed E-state index contributed by atoms with van der Waals surface area (Å²) in [5.41, 5.74) is 10.7. The van der Waals surface area contributed by atoms with Crippen molar-refractivity contribution in [3.05, 3.63) is 0 Å². The molecule has 11 heteroatoms. The Labute approximate surface area is 176 Å². The van der Waals surface area contributed by atoms with Crippen molar-refractivity contribution in [1.82, 2.24) is 16.0 Å². The van der Waals surface area contributed by atoms with Crippen molar-refractivity contribution in [3.8, 4) is 0 Å². The largest absolute Gasteiger partial charge is 0.480 e. The predicted octanol–water partition coefficient (Wildman–Crippen LogP) is -1.16. The lowest BCUT2D eigenvalue weighted by molar-refractivity contribution is -0.144. The average molecular weight is 430 g/mol. The number of amides is 4. The molecule has 0 spiro atoms. The Bertz CT molecular complexity index is 639. The summed E-state index contributed by atoms with van der Waals surface area (Å²) in [5.74, 6) is -4.26. The Morgan fingerprint density at radius 3 is 1.83 bits per heavy atom. The van der Waals surface area contributed by atoms with E-state index >= 15 is 0 Å². The van der Waals surface area contributed by atoms with Crippen molar-refractivity contribution in [3.63, 3.8) is 0 Å². The summed E-state index contributed by atoms with van der Waals surface area (Å²) in [5, 5.41) is 16.7. The summed E-state index contributed by atoms with van der Waals surface area (Å²) >= 11 is 0. The summed E-state index contributed by atoms with van der Waals surface area (Å²) in [7, 11) is 0. The van der Waals surface area contributed by atoms with Crippen molar-refractivity contribution in [1.29, 1.82) is 0 Å². The zero-order valence-electron chi connectivity index (χ0n) is 18.2. The van der Waals surface area contributed by atoms with Crippen LogP contribution in [0.15, 0.2) is 0 Å². The van der Waals surface area contributed by atoms with E-state index in [0.717, 1.165) is 0 Å². The Balaban J connectivity index is 5.09. The molecule has 0 aromatic carbocycles. The highest BCUT2D eigenvalue weighted by Crippen LogP contribution is 2.10. The fraction of sp³-hybridized carbons (Fsp3) is 0.737. The summed E-state index contributed by atoms with van der Waals surface area (Å²) < 4.78 is 0. The first-order valence-corrected chi connectivity index (χ1v) is 9.99. The van der Waals surface area contributed by atoms with E-state index in [2.05, 4.69) is 16.0 Å². The first-order chi connectivity index (χ1) is 13.8. The smallest absolute Gasteiger partial charge is 0.326 e. The standard InChI is InChI=1S/C19H35N5O6/c1-6-10(4)15(18(28)23-14(9(2)3)19(29)30)24-16(26)11(5)22-17(27)12(20)7-8-13(21)25/h9-12,14-15H,6-8,20H2,1-5H3,(H2,21,25)(H,22,27)(H,23,28)(H,24,26)(H,29,30). The minimum absolute atomic E-state index is 0.0409. The van der Waals surface area contributed by atoms with Gasteiger partial charge in [-0.25, -0.2) is 4.79 Å². The van der Waals surface area contributed by atoms with E-state index in [-0.39, 0.29) is 24.7 Å². The maximum atomic E-state index is 12.7. The number of nitrogens with one attached hydrogen (secondary N) is 3. The molecule has 30 heavy (non-hydrogen) atoms. The molecule has 0 aromatic rings. The summed E-state index contributed by atoms with van der Waals surface area (Å²) in [6.45, 7) is 8.33. The Kier molecular flexibility index (Phi) is 11.6. The molecule has 0 rings (SSSR count). The third-order valence-corrected chi connectivity index (χ3v) is 4.81. The van der Waals surface area contributed by atoms with Gasteiger partial charge in [0.2, 0.25) is 23.6 Å². The van der Waals surface area contributed by atoms with Crippen molar-refractivity contribution in [2.24, 2.45) is 23.3 Å². The van der Waals surface area contributed by atoms with Gasteiger partial charge in [0.05, 0.1) is 6.04 Å². The number of aliphatic carboxylic acids is 1. The zero-order chi connectivity index (χ0) is 23.6. The van der Waals surface area contributed by atoms with Crippen LogP contribution >= 0.6 is 0 Å². The Morgan fingerprint density at radius 2 is 1.40 bits per heavy atom. The molecule has 0 aliphatic heterocycles. The van der Waals surface area contributed by atoms with Crippen LogP contribution in [0, 0.1) is 11.8 Å². The van der Waals surface area contributed by atoms with E-state index in [0.29, 0.717) is 6.42 Å². The minimum Gasteiger partial charge on any atom is -0.480 e. The first kappa shape index (κ1) is 27.3. The monoisotopic (exact) mass is 429 g/mol. The molecule has 0 saturated heterocycles. The molecule has 5 unspecified atom stereocenters. The van der Waals surface area contributed by atoms with E-state index in [1.54, 1.807) is 20.8 Å². The van der Waals surface area contributed by atoms with Gasteiger partial charge in [0.1, 0.15) is 18.1 Å². The van der Waals surface area contributed by atoms with E-state index in [1.807, 2.05) is 6.92 Å². The zero-order valence-corrected chi connectivity index (χ0v) is 18.2. The highest BCUT2D eigenvalue weighted by atomic mass is 16.4. The Hall–Kier alpha value is -2.69. The van der Waals surface area contributed by atoms with Gasteiger partial charge in [0, 0.05) is 6.42 Å². The van der Waals surface area contributed by atoms with Crippen LogP contribution in [0.2, 0.25) is 0 Å². The van der Waals surface area contributed by atoms with Crippen molar-refractivity contribution < 1.29 is 29.1 Å². The van der Waals surface area contributed by atoms with Crippen LogP contribution in [0.25, 0.3) is 0 Å². The second-order valence-corrected chi connectivity index (χ2v) is 7.78. The Morgan fingerprint density at radius 1 is 0.867 bits per heavy atom. The van der Waals surface area contributed by atoms with Crippen LogP contribution in [0.4, 0.5) is 0 Å². The van der Waals surface area contributed by atoms with Gasteiger partial charge in [-0.05, 0) is 25.2 Å². The second-order valence-electron chi connectivity index (χ2n) is 7.78. The fourth-order valence-electron chi connectivity index (χ4n) is 2.55. The highest BCUT2D eigenvalue weighted by molar-refractivity contribution is 5.94. The molecule has 0 heterocycles. The van der Waals surface area contributed by atoms with Gasteiger partial charge in [0.15, 0.2) is 0 Å². The number of carboxylic acids is 1. The predicted molar refractivity (Wildman–Crippen MR) is 110 cm³/mol. The molecule has 0 aromatic heterocycles. The van der Waals surface area contributed by atoms with Crippen LogP contribution in [-0.2, 0) is 24.0 Å². The molecule has 4 amide bonds. The lowest BCUT2D eigenvalue weighted by Gasteiger charge is -2.28. The molecule has 0 saturated carbocycles. The molecular formula is C19H35N5O6. The molecule has 0 radical (unpaired) electrons. The summed E-state index contributed by atoms with van der Waals surface area (Å²) in [6.07, 6.45) is 0.529. The molecular weight excluding hydrogens is 394 g/mol. The van der Waals surface area contributed by atoms with E-state index in [1.165, 1.54) is 6.92 Å². The molecule has 0 aliphatic rings. The first-order valence-electron chi connectivity index (χ1n) is 9.99. The molecule has 172 valence electrons. The maximum Gasteiger partial charge on any atom is 0.326 e. The molecule has 0 aliphatic carbocycles. The average Bonchev–Trinajstić information content (AvgIpc) is 2.66. The molecule has 11 nitrogen and oxygen atoms in total. The molecule has 8 N–H and O–H groups in total. The van der Waals surface area contributed by atoms with Crippen molar-refractivity contribution >= 4 is 29.6 Å². The quantitative estimate of drug-likeness (QED) is 0.212. The molecule has 0 fully saturated rings. The number of rotatable bonds is 13. The second kappa shape index (κ2) is 12.8. The number of hydrogen-bond donors (Lipinski definition) is 6. The van der Waals surface area contributed by atoms with Crippen LogP contribution in [0.5, 0.6) is 0 Å². The number of carbonyl (C=O) groups is 5. The van der Waals surface area contributed by atoms with Crippen molar-refractivity contribution in [2.75, 3.05) is 0 Å². The highest BCUT2D eigenvalue weighted by Gasteiger charge is 2.32. The topological polar surface area (TPSA) is 194 Å². The number of carboxylic acid groups (broad SMARTS) is 1. The lowest BCUT2D eigenvalue weighted by atomic mass is 9.96. The van der Waals surface area contributed by atoms with Gasteiger partial charge >= 0.3 is 5.97 Å². The summed E-state index contributed by atoms with van der Waals surface area (Å²) in [6, 6.07) is -4.09. The van der Waals surface area contributed by atoms with Crippen LogP contribution in [0.1, 0.15) is 53.9 Å².